The molecule has 21 heavy (non-hydrogen) atoms. The third-order valence-electron chi connectivity index (χ3n) is 3.92. The third kappa shape index (κ3) is 4.14. The molecule has 1 heterocycles. The van der Waals surface area contributed by atoms with Gasteiger partial charge in [-0.2, -0.15) is 11.8 Å². The molecular formula is C15H24N2O2S2. The summed E-state index contributed by atoms with van der Waals surface area (Å²) >= 11 is 1.95. The van der Waals surface area contributed by atoms with Crippen molar-refractivity contribution in [2.45, 2.75) is 31.6 Å². The van der Waals surface area contributed by atoms with Gasteiger partial charge in [0, 0.05) is 19.3 Å². The molecule has 0 spiro atoms. The number of anilines is 1. The average molecular weight is 329 g/mol. The van der Waals surface area contributed by atoms with Crippen molar-refractivity contribution in [2.75, 3.05) is 30.4 Å². The first kappa shape index (κ1) is 16.6. The highest BCUT2D eigenvalue weighted by Crippen LogP contribution is 2.26. The summed E-state index contributed by atoms with van der Waals surface area (Å²) in [5, 5.41) is 3.05. The zero-order chi connectivity index (χ0) is 15.5. The Morgan fingerprint density at radius 2 is 1.76 bits per heavy atom. The van der Waals surface area contributed by atoms with Gasteiger partial charge in [0.1, 0.15) is 0 Å². The molecule has 0 unspecified atom stereocenters. The van der Waals surface area contributed by atoms with Crippen LogP contribution in [-0.4, -0.2) is 33.5 Å². The Hall–Kier alpha value is -0.720. The van der Waals surface area contributed by atoms with Crippen LogP contribution in [0.1, 0.15) is 24.0 Å². The molecule has 4 nitrogen and oxygen atoms in total. The van der Waals surface area contributed by atoms with E-state index in [1.807, 2.05) is 44.8 Å². The molecule has 0 atom stereocenters. The van der Waals surface area contributed by atoms with E-state index in [1.54, 1.807) is 0 Å². The summed E-state index contributed by atoms with van der Waals surface area (Å²) < 4.78 is 28.0. The number of hydrogen-bond donors (Lipinski definition) is 2. The van der Waals surface area contributed by atoms with Crippen LogP contribution in [-0.2, 0) is 10.0 Å². The smallest absolute Gasteiger partial charge is 0.241 e. The van der Waals surface area contributed by atoms with E-state index in [0.717, 1.165) is 41.2 Å². The highest BCUT2D eigenvalue weighted by molar-refractivity contribution is 7.99. The standard InChI is InChI=1S/C15H24N2O2S2/c1-11-8-14(16-3)9-12(2)15(11)21(18,19)17-10-13-4-6-20-7-5-13/h8-9,13,16-17H,4-7,10H2,1-3H3. The number of rotatable bonds is 5. The van der Waals surface area contributed by atoms with Crippen LogP contribution in [0.25, 0.3) is 0 Å². The van der Waals surface area contributed by atoms with Gasteiger partial charge in [-0.15, -0.1) is 0 Å². The van der Waals surface area contributed by atoms with Gasteiger partial charge in [-0.25, -0.2) is 13.1 Å². The Kier molecular flexibility index (Phi) is 5.57. The molecule has 1 aliphatic rings. The average Bonchev–Trinajstić information content (AvgIpc) is 2.45. The van der Waals surface area contributed by atoms with E-state index in [1.165, 1.54) is 0 Å². The summed E-state index contributed by atoms with van der Waals surface area (Å²) in [7, 11) is -1.60. The van der Waals surface area contributed by atoms with Crippen molar-refractivity contribution >= 4 is 27.5 Å². The molecule has 0 radical (unpaired) electrons. The van der Waals surface area contributed by atoms with Crippen molar-refractivity contribution in [2.24, 2.45) is 5.92 Å². The van der Waals surface area contributed by atoms with Gasteiger partial charge in [-0.05, 0) is 67.4 Å². The molecule has 0 aromatic heterocycles. The Balaban J connectivity index is 2.15. The van der Waals surface area contributed by atoms with Crippen molar-refractivity contribution in [3.8, 4) is 0 Å². The van der Waals surface area contributed by atoms with Crippen molar-refractivity contribution in [3.05, 3.63) is 23.3 Å². The van der Waals surface area contributed by atoms with Crippen molar-refractivity contribution in [1.82, 2.24) is 4.72 Å². The second kappa shape index (κ2) is 7.03. The van der Waals surface area contributed by atoms with Crippen LogP contribution in [0.4, 0.5) is 5.69 Å². The molecule has 0 bridgehead atoms. The molecule has 2 rings (SSSR count). The summed E-state index contributed by atoms with van der Waals surface area (Å²) in [5.74, 6) is 2.75. The molecule has 1 aliphatic heterocycles. The van der Waals surface area contributed by atoms with Crippen LogP contribution < -0.4 is 10.0 Å². The lowest BCUT2D eigenvalue weighted by atomic mass is 10.0. The van der Waals surface area contributed by atoms with Gasteiger partial charge in [0.15, 0.2) is 0 Å². The van der Waals surface area contributed by atoms with Crippen molar-refractivity contribution < 1.29 is 8.42 Å². The normalized spacial score (nSPS) is 16.9. The van der Waals surface area contributed by atoms with Gasteiger partial charge in [0.05, 0.1) is 4.90 Å². The fourth-order valence-corrected chi connectivity index (χ4v) is 5.54. The van der Waals surface area contributed by atoms with Gasteiger partial charge in [0.25, 0.3) is 0 Å². The zero-order valence-electron chi connectivity index (χ0n) is 12.9. The number of hydrogen-bond acceptors (Lipinski definition) is 4. The predicted octanol–water partition coefficient (Wildman–Crippen LogP) is 2.77. The maximum Gasteiger partial charge on any atom is 0.241 e. The van der Waals surface area contributed by atoms with Crippen molar-refractivity contribution in [1.29, 1.82) is 0 Å². The SMILES string of the molecule is CNc1cc(C)c(S(=O)(=O)NCC2CCSCC2)c(C)c1. The lowest BCUT2D eigenvalue weighted by Crippen LogP contribution is -2.31. The minimum Gasteiger partial charge on any atom is -0.388 e. The predicted molar refractivity (Wildman–Crippen MR) is 90.7 cm³/mol. The second-order valence-corrected chi connectivity index (χ2v) is 8.53. The van der Waals surface area contributed by atoms with E-state index < -0.39 is 10.0 Å². The number of thioether (sulfide) groups is 1. The minimum atomic E-state index is -3.43. The molecule has 0 saturated carbocycles. The maximum absolute atomic E-state index is 12.6. The summed E-state index contributed by atoms with van der Waals surface area (Å²) in [6.07, 6.45) is 2.20. The molecule has 0 amide bonds. The summed E-state index contributed by atoms with van der Waals surface area (Å²) in [4.78, 5) is 0.423. The van der Waals surface area contributed by atoms with Crippen LogP contribution in [0, 0.1) is 19.8 Å². The number of sulfonamides is 1. The van der Waals surface area contributed by atoms with Gasteiger partial charge in [-0.1, -0.05) is 0 Å². The summed E-state index contributed by atoms with van der Waals surface area (Å²) in [5.41, 5.74) is 2.50. The topological polar surface area (TPSA) is 58.2 Å². The van der Waals surface area contributed by atoms with Crippen molar-refractivity contribution in [3.63, 3.8) is 0 Å². The first-order chi connectivity index (χ1) is 9.94. The maximum atomic E-state index is 12.6. The summed E-state index contributed by atoms with van der Waals surface area (Å²) in [6, 6.07) is 3.75. The third-order valence-corrected chi connectivity index (χ3v) is 6.70. The van der Waals surface area contributed by atoms with E-state index in [0.29, 0.717) is 17.4 Å². The molecular weight excluding hydrogens is 304 g/mol. The minimum absolute atomic E-state index is 0.423. The summed E-state index contributed by atoms with van der Waals surface area (Å²) in [6.45, 7) is 4.24. The Morgan fingerprint density at radius 1 is 1.19 bits per heavy atom. The first-order valence-corrected chi connectivity index (χ1v) is 9.94. The zero-order valence-corrected chi connectivity index (χ0v) is 14.5. The molecule has 1 aromatic carbocycles. The van der Waals surface area contributed by atoms with E-state index in [9.17, 15) is 8.42 Å². The molecule has 118 valence electrons. The van der Waals surface area contributed by atoms with Crippen LogP contribution in [0.3, 0.4) is 0 Å². The van der Waals surface area contributed by atoms with Gasteiger partial charge in [-0.3, -0.25) is 0 Å². The number of benzene rings is 1. The largest absolute Gasteiger partial charge is 0.388 e. The molecule has 1 saturated heterocycles. The highest BCUT2D eigenvalue weighted by Gasteiger charge is 2.22. The van der Waals surface area contributed by atoms with Crippen LogP contribution in [0.15, 0.2) is 17.0 Å². The van der Waals surface area contributed by atoms with E-state index in [-0.39, 0.29) is 0 Å². The molecule has 1 aromatic rings. The fraction of sp³-hybridized carbons (Fsp3) is 0.600. The van der Waals surface area contributed by atoms with Crippen LogP contribution in [0.2, 0.25) is 0 Å². The number of aryl methyl sites for hydroxylation is 2. The number of nitrogens with one attached hydrogen (secondary N) is 2. The van der Waals surface area contributed by atoms with E-state index >= 15 is 0 Å². The van der Waals surface area contributed by atoms with Gasteiger partial charge in [0.2, 0.25) is 10.0 Å². The van der Waals surface area contributed by atoms with E-state index in [4.69, 9.17) is 0 Å². The molecule has 0 aliphatic carbocycles. The fourth-order valence-electron chi connectivity index (χ4n) is 2.77. The van der Waals surface area contributed by atoms with Crippen LogP contribution in [0.5, 0.6) is 0 Å². The monoisotopic (exact) mass is 328 g/mol. The van der Waals surface area contributed by atoms with Crippen LogP contribution >= 0.6 is 11.8 Å². The first-order valence-electron chi connectivity index (χ1n) is 7.30. The Labute approximate surface area is 132 Å². The molecule has 2 N–H and O–H groups in total. The van der Waals surface area contributed by atoms with Gasteiger partial charge < -0.3 is 5.32 Å². The highest BCUT2D eigenvalue weighted by atomic mass is 32.2. The Morgan fingerprint density at radius 3 is 2.29 bits per heavy atom. The quantitative estimate of drug-likeness (QED) is 0.872. The Bertz CT molecular complexity index is 571. The molecule has 1 fully saturated rings. The lowest BCUT2D eigenvalue weighted by Gasteiger charge is -2.22. The molecule has 6 heteroatoms. The van der Waals surface area contributed by atoms with E-state index in [2.05, 4.69) is 10.0 Å². The lowest BCUT2D eigenvalue weighted by molar-refractivity contribution is 0.476. The van der Waals surface area contributed by atoms with Gasteiger partial charge >= 0.3 is 0 Å². The second-order valence-electron chi connectivity index (χ2n) is 5.60.